The van der Waals surface area contributed by atoms with Gasteiger partial charge in [0.15, 0.2) is 0 Å². The highest BCUT2D eigenvalue weighted by atomic mass is 14.6. The van der Waals surface area contributed by atoms with E-state index in [1.165, 1.54) is 0 Å². The van der Waals surface area contributed by atoms with E-state index in [1.807, 2.05) is 25.1 Å². The molecule has 1 aromatic rings. The van der Waals surface area contributed by atoms with E-state index in [-0.39, 0.29) is 0 Å². The lowest BCUT2D eigenvalue weighted by Crippen LogP contribution is -1.96. The van der Waals surface area contributed by atoms with Crippen LogP contribution in [0.1, 0.15) is 11.1 Å². The Morgan fingerprint density at radius 1 is 1.36 bits per heavy atom. The van der Waals surface area contributed by atoms with Crippen LogP contribution in [0.2, 0.25) is 0 Å². The molecule has 0 aliphatic rings. The Bertz CT molecular complexity index is 269. The van der Waals surface area contributed by atoms with E-state index in [1.54, 1.807) is 0 Å². The lowest BCUT2D eigenvalue weighted by molar-refractivity contribution is 1.43. The first-order valence-corrected chi connectivity index (χ1v) is 3.41. The second-order valence-electron chi connectivity index (χ2n) is 2.66. The van der Waals surface area contributed by atoms with Gasteiger partial charge in [0, 0.05) is 11.4 Å². The fourth-order valence-electron chi connectivity index (χ4n) is 0.998. The van der Waals surface area contributed by atoms with Gasteiger partial charge in [0.1, 0.15) is 0 Å². The van der Waals surface area contributed by atoms with Crippen LogP contribution in [0.3, 0.4) is 0 Å². The largest absolute Gasteiger partial charge is 0.399 e. The lowest BCUT2D eigenvalue weighted by atomic mass is 10.1. The summed E-state index contributed by atoms with van der Waals surface area (Å²) in [7, 11) is 0. The summed E-state index contributed by atoms with van der Waals surface area (Å²) in [4.78, 5) is 0. The molecule has 0 saturated heterocycles. The molecule has 0 saturated carbocycles. The van der Waals surface area contributed by atoms with Crippen LogP contribution in [0.15, 0.2) is 24.8 Å². The van der Waals surface area contributed by atoms with E-state index >= 15 is 0 Å². The van der Waals surface area contributed by atoms with Gasteiger partial charge in [-0.05, 0) is 36.2 Å². The van der Waals surface area contributed by atoms with Crippen molar-refractivity contribution in [2.75, 3.05) is 5.73 Å². The smallest absolute Gasteiger partial charge is 0.0323 e. The number of nitrogens with two attached hydrogens (primary N) is 2. The summed E-state index contributed by atoms with van der Waals surface area (Å²) >= 11 is 0. The van der Waals surface area contributed by atoms with Gasteiger partial charge in [-0.3, -0.25) is 0 Å². The number of nitrogen functional groups attached to an aromatic ring is 1. The summed E-state index contributed by atoms with van der Waals surface area (Å²) in [6.07, 6.45) is 0. The topological polar surface area (TPSA) is 52.0 Å². The zero-order valence-electron chi connectivity index (χ0n) is 6.59. The monoisotopic (exact) mass is 148 g/mol. The fourth-order valence-corrected chi connectivity index (χ4v) is 0.998. The van der Waals surface area contributed by atoms with Crippen molar-refractivity contribution in [3.8, 4) is 0 Å². The maximum Gasteiger partial charge on any atom is 0.0323 e. The molecule has 0 atom stereocenters. The number of rotatable bonds is 1. The second kappa shape index (κ2) is 2.66. The van der Waals surface area contributed by atoms with Gasteiger partial charge >= 0.3 is 0 Å². The molecule has 0 aliphatic carbocycles. The summed E-state index contributed by atoms with van der Waals surface area (Å²) in [6.45, 7) is 5.60. The van der Waals surface area contributed by atoms with Crippen molar-refractivity contribution >= 4 is 11.4 Å². The fraction of sp³-hybridized carbons (Fsp3) is 0.111. The van der Waals surface area contributed by atoms with Crippen LogP contribution in [0.25, 0.3) is 5.70 Å². The molecule has 1 aromatic carbocycles. The third-order valence-electron chi connectivity index (χ3n) is 1.47. The first-order valence-electron chi connectivity index (χ1n) is 3.41. The molecule has 2 nitrogen and oxygen atoms in total. The van der Waals surface area contributed by atoms with Crippen molar-refractivity contribution in [1.82, 2.24) is 0 Å². The minimum absolute atomic E-state index is 0.556. The average Bonchev–Trinajstić information content (AvgIpc) is 1.85. The Labute approximate surface area is 66.5 Å². The minimum atomic E-state index is 0.556. The van der Waals surface area contributed by atoms with E-state index in [0.717, 1.165) is 16.8 Å². The highest BCUT2D eigenvalue weighted by molar-refractivity contribution is 5.64. The highest BCUT2D eigenvalue weighted by Gasteiger charge is 1.95. The third kappa shape index (κ3) is 1.74. The second-order valence-corrected chi connectivity index (χ2v) is 2.66. The first kappa shape index (κ1) is 7.66. The van der Waals surface area contributed by atoms with Crippen molar-refractivity contribution in [1.29, 1.82) is 0 Å². The summed E-state index contributed by atoms with van der Waals surface area (Å²) in [5.74, 6) is 0. The molecule has 0 bridgehead atoms. The molecule has 11 heavy (non-hydrogen) atoms. The number of anilines is 1. The molecule has 0 heterocycles. The van der Waals surface area contributed by atoms with Gasteiger partial charge in [0.25, 0.3) is 0 Å². The van der Waals surface area contributed by atoms with E-state index < -0.39 is 0 Å². The predicted molar refractivity (Wildman–Crippen MR) is 48.8 cm³/mol. The van der Waals surface area contributed by atoms with Crippen LogP contribution in [0, 0.1) is 6.92 Å². The average molecular weight is 148 g/mol. The molecule has 1 rings (SSSR count). The van der Waals surface area contributed by atoms with Crippen molar-refractivity contribution in [3.05, 3.63) is 35.9 Å². The van der Waals surface area contributed by atoms with Gasteiger partial charge in [-0.25, -0.2) is 0 Å². The molecule has 0 unspecified atom stereocenters. The first-order chi connectivity index (χ1) is 5.09. The maximum atomic E-state index is 5.60. The summed E-state index contributed by atoms with van der Waals surface area (Å²) < 4.78 is 0. The number of aryl methyl sites for hydroxylation is 1. The molecule has 0 radical (unpaired) electrons. The molecule has 58 valence electrons. The van der Waals surface area contributed by atoms with E-state index in [0.29, 0.717) is 5.70 Å². The predicted octanol–water partition coefficient (Wildman–Crippen LogP) is 1.51. The van der Waals surface area contributed by atoms with Gasteiger partial charge in [-0.1, -0.05) is 6.58 Å². The Kier molecular flexibility index (Phi) is 1.85. The molecular formula is C9H12N2. The maximum absolute atomic E-state index is 5.60. The quantitative estimate of drug-likeness (QED) is 0.593. The van der Waals surface area contributed by atoms with Crippen molar-refractivity contribution in [3.63, 3.8) is 0 Å². The van der Waals surface area contributed by atoms with Crippen molar-refractivity contribution < 1.29 is 0 Å². The molecule has 4 N–H and O–H groups in total. The zero-order valence-corrected chi connectivity index (χ0v) is 6.59. The van der Waals surface area contributed by atoms with Gasteiger partial charge < -0.3 is 11.5 Å². The molecular weight excluding hydrogens is 136 g/mol. The molecule has 0 spiro atoms. The molecule has 0 fully saturated rings. The molecule has 0 aliphatic heterocycles. The Morgan fingerprint density at radius 3 is 2.45 bits per heavy atom. The van der Waals surface area contributed by atoms with Crippen molar-refractivity contribution in [2.24, 2.45) is 5.73 Å². The molecule has 0 aromatic heterocycles. The van der Waals surface area contributed by atoms with Gasteiger partial charge in [-0.2, -0.15) is 0 Å². The molecule has 0 amide bonds. The van der Waals surface area contributed by atoms with Crippen LogP contribution < -0.4 is 11.5 Å². The number of hydrogen-bond donors (Lipinski definition) is 2. The SMILES string of the molecule is C=C(N)c1cc(C)cc(N)c1. The normalized spacial score (nSPS) is 9.55. The Hall–Kier alpha value is -1.44. The van der Waals surface area contributed by atoms with E-state index in [9.17, 15) is 0 Å². The summed E-state index contributed by atoms with van der Waals surface area (Å²) in [6, 6.07) is 5.67. The van der Waals surface area contributed by atoms with Gasteiger partial charge in [0.05, 0.1) is 0 Å². The Morgan fingerprint density at radius 2 is 2.00 bits per heavy atom. The lowest BCUT2D eigenvalue weighted by Gasteiger charge is -2.02. The summed E-state index contributed by atoms with van der Waals surface area (Å²) in [5, 5.41) is 0. The standard InChI is InChI=1S/C9H12N2/c1-6-3-8(7(2)10)5-9(11)4-6/h3-5H,2,10-11H2,1H3. The van der Waals surface area contributed by atoms with Crippen LogP contribution in [0.5, 0.6) is 0 Å². The van der Waals surface area contributed by atoms with Gasteiger partial charge in [0.2, 0.25) is 0 Å². The zero-order chi connectivity index (χ0) is 8.43. The van der Waals surface area contributed by atoms with E-state index in [2.05, 4.69) is 6.58 Å². The van der Waals surface area contributed by atoms with Crippen LogP contribution >= 0.6 is 0 Å². The minimum Gasteiger partial charge on any atom is -0.399 e. The van der Waals surface area contributed by atoms with Crippen LogP contribution in [0.4, 0.5) is 5.69 Å². The van der Waals surface area contributed by atoms with Crippen molar-refractivity contribution in [2.45, 2.75) is 6.92 Å². The number of benzene rings is 1. The van der Waals surface area contributed by atoms with E-state index in [4.69, 9.17) is 11.5 Å². The van der Waals surface area contributed by atoms with Gasteiger partial charge in [-0.15, -0.1) is 0 Å². The summed E-state index contributed by atoms with van der Waals surface area (Å²) in [5.41, 5.74) is 14.4. The van der Waals surface area contributed by atoms with Crippen LogP contribution in [-0.4, -0.2) is 0 Å². The highest BCUT2D eigenvalue weighted by Crippen LogP contribution is 2.14. The third-order valence-corrected chi connectivity index (χ3v) is 1.47. The van der Waals surface area contributed by atoms with Crippen LogP contribution in [-0.2, 0) is 0 Å². The molecule has 2 heteroatoms. The number of hydrogen-bond acceptors (Lipinski definition) is 2. The Balaban J connectivity index is 3.19.